The Hall–Kier alpha value is -1.23. The molecule has 1 aromatic heterocycles. The van der Waals surface area contributed by atoms with E-state index >= 15 is 0 Å². The Bertz CT molecular complexity index is 389. The first-order valence-corrected chi connectivity index (χ1v) is 6.52. The van der Waals surface area contributed by atoms with Crippen molar-refractivity contribution in [3.05, 3.63) is 11.4 Å². The molecule has 0 amide bonds. The molecule has 1 rings (SSSR count). The third kappa shape index (κ3) is 3.91. The first-order chi connectivity index (χ1) is 8.39. The molecule has 0 aliphatic carbocycles. The SMILES string of the molecule is CCCN(CC(C)(C)CN)c1nnc(C)c(C)n1. The van der Waals surface area contributed by atoms with E-state index in [2.05, 4.69) is 40.9 Å². The van der Waals surface area contributed by atoms with Gasteiger partial charge in [0.2, 0.25) is 5.95 Å². The highest BCUT2D eigenvalue weighted by atomic mass is 15.3. The standard InChI is InChI=1S/C13H25N5/c1-6-7-18(9-13(4,5)8-14)12-15-10(2)11(3)16-17-12/h6-9,14H2,1-5H3. The first kappa shape index (κ1) is 14.8. The van der Waals surface area contributed by atoms with Crippen LogP contribution in [0, 0.1) is 19.3 Å². The van der Waals surface area contributed by atoms with E-state index in [0.717, 1.165) is 30.9 Å². The quantitative estimate of drug-likeness (QED) is 0.833. The van der Waals surface area contributed by atoms with Gasteiger partial charge in [0, 0.05) is 13.1 Å². The van der Waals surface area contributed by atoms with Crippen molar-refractivity contribution >= 4 is 5.95 Å². The van der Waals surface area contributed by atoms with Crippen molar-refractivity contribution in [2.45, 2.75) is 41.0 Å². The summed E-state index contributed by atoms with van der Waals surface area (Å²) < 4.78 is 0. The number of hydrogen-bond acceptors (Lipinski definition) is 5. The Labute approximate surface area is 110 Å². The molecule has 2 N–H and O–H groups in total. The van der Waals surface area contributed by atoms with Crippen molar-refractivity contribution in [3.63, 3.8) is 0 Å². The van der Waals surface area contributed by atoms with Gasteiger partial charge in [-0.2, -0.15) is 5.10 Å². The van der Waals surface area contributed by atoms with Crippen LogP contribution in [0.2, 0.25) is 0 Å². The summed E-state index contributed by atoms with van der Waals surface area (Å²) in [5.41, 5.74) is 7.67. The Balaban J connectivity index is 2.93. The van der Waals surface area contributed by atoms with Gasteiger partial charge in [0.25, 0.3) is 0 Å². The zero-order valence-electron chi connectivity index (χ0n) is 12.2. The van der Waals surface area contributed by atoms with Crippen LogP contribution in [0.15, 0.2) is 0 Å². The van der Waals surface area contributed by atoms with Gasteiger partial charge in [-0.3, -0.25) is 0 Å². The molecule has 0 saturated carbocycles. The van der Waals surface area contributed by atoms with E-state index < -0.39 is 0 Å². The van der Waals surface area contributed by atoms with Crippen LogP contribution >= 0.6 is 0 Å². The van der Waals surface area contributed by atoms with E-state index in [4.69, 9.17) is 5.73 Å². The fourth-order valence-electron chi connectivity index (χ4n) is 1.68. The second-order valence-corrected chi connectivity index (χ2v) is 5.57. The molecule has 0 spiro atoms. The maximum absolute atomic E-state index is 5.80. The van der Waals surface area contributed by atoms with Gasteiger partial charge >= 0.3 is 0 Å². The summed E-state index contributed by atoms with van der Waals surface area (Å²) in [5.74, 6) is 0.710. The molecule has 0 fully saturated rings. The number of anilines is 1. The van der Waals surface area contributed by atoms with Crippen molar-refractivity contribution < 1.29 is 0 Å². The number of aryl methyl sites for hydroxylation is 2. The van der Waals surface area contributed by atoms with E-state index in [0.29, 0.717) is 12.5 Å². The van der Waals surface area contributed by atoms with Crippen LogP contribution < -0.4 is 10.6 Å². The highest BCUT2D eigenvalue weighted by molar-refractivity contribution is 5.30. The molecular weight excluding hydrogens is 226 g/mol. The second kappa shape index (κ2) is 6.09. The van der Waals surface area contributed by atoms with Gasteiger partial charge in [-0.1, -0.05) is 20.8 Å². The van der Waals surface area contributed by atoms with E-state index in [-0.39, 0.29) is 5.41 Å². The molecule has 18 heavy (non-hydrogen) atoms. The van der Waals surface area contributed by atoms with Crippen LogP contribution in [0.4, 0.5) is 5.95 Å². The number of nitrogens with two attached hydrogens (primary N) is 1. The average molecular weight is 251 g/mol. The molecule has 0 radical (unpaired) electrons. The molecule has 5 nitrogen and oxygen atoms in total. The van der Waals surface area contributed by atoms with Crippen LogP contribution in [0.25, 0.3) is 0 Å². The van der Waals surface area contributed by atoms with Gasteiger partial charge in [0.05, 0.1) is 11.4 Å². The second-order valence-electron chi connectivity index (χ2n) is 5.57. The fraction of sp³-hybridized carbons (Fsp3) is 0.769. The normalized spacial score (nSPS) is 11.7. The maximum atomic E-state index is 5.80. The third-order valence-corrected chi connectivity index (χ3v) is 3.03. The van der Waals surface area contributed by atoms with E-state index in [1.807, 2.05) is 13.8 Å². The minimum absolute atomic E-state index is 0.0529. The maximum Gasteiger partial charge on any atom is 0.245 e. The summed E-state index contributed by atoms with van der Waals surface area (Å²) in [7, 11) is 0. The Morgan fingerprint density at radius 3 is 2.33 bits per heavy atom. The van der Waals surface area contributed by atoms with Crippen LogP contribution in [-0.2, 0) is 0 Å². The zero-order valence-corrected chi connectivity index (χ0v) is 12.2. The predicted molar refractivity (Wildman–Crippen MR) is 74.6 cm³/mol. The molecular formula is C13H25N5. The summed E-state index contributed by atoms with van der Waals surface area (Å²) in [6.07, 6.45) is 1.05. The summed E-state index contributed by atoms with van der Waals surface area (Å²) in [5, 5.41) is 8.35. The molecule has 0 aromatic carbocycles. The summed E-state index contributed by atoms with van der Waals surface area (Å²) >= 11 is 0. The van der Waals surface area contributed by atoms with Crippen molar-refractivity contribution in [2.24, 2.45) is 11.1 Å². The molecule has 0 saturated heterocycles. The van der Waals surface area contributed by atoms with E-state index in [9.17, 15) is 0 Å². The van der Waals surface area contributed by atoms with Crippen LogP contribution in [0.5, 0.6) is 0 Å². The zero-order chi connectivity index (χ0) is 13.8. The van der Waals surface area contributed by atoms with E-state index in [1.165, 1.54) is 0 Å². The molecule has 0 bridgehead atoms. The minimum atomic E-state index is 0.0529. The highest BCUT2D eigenvalue weighted by Crippen LogP contribution is 2.18. The van der Waals surface area contributed by atoms with Gasteiger partial charge in [-0.25, -0.2) is 4.98 Å². The molecule has 0 aliphatic heterocycles. The summed E-state index contributed by atoms with van der Waals surface area (Å²) in [6.45, 7) is 12.8. The number of aromatic nitrogens is 3. The predicted octanol–water partition coefficient (Wildman–Crippen LogP) is 1.69. The van der Waals surface area contributed by atoms with Crippen molar-refractivity contribution in [1.82, 2.24) is 15.2 Å². The molecule has 1 aromatic rings. The van der Waals surface area contributed by atoms with E-state index in [1.54, 1.807) is 0 Å². The first-order valence-electron chi connectivity index (χ1n) is 6.52. The van der Waals surface area contributed by atoms with Crippen molar-refractivity contribution in [2.75, 3.05) is 24.5 Å². The van der Waals surface area contributed by atoms with Gasteiger partial charge in [0.15, 0.2) is 0 Å². The van der Waals surface area contributed by atoms with Gasteiger partial charge in [0.1, 0.15) is 0 Å². The number of nitrogens with zero attached hydrogens (tertiary/aromatic N) is 4. The smallest absolute Gasteiger partial charge is 0.245 e. The lowest BCUT2D eigenvalue weighted by Crippen LogP contribution is -2.40. The monoisotopic (exact) mass is 251 g/mol. The lowest BCUT2D eigenvalue weighted by atomic mass is 9.93. The van der Waals surface area contributed by atoms with Crippen LogP contribution in [0.1, 0.15) is 38.6 Å². The van der Waals surface area contributed by atoms with Crippen molar-refractivity contribution in [1.29, 1.82) is 0 Å². The average Bonchev–Trinajstić information content (AvgIpc) is 2.32. The number of hydrogen-bond donors (Lipinski definition) is 1. The fourth-order valence-corrected chi connectivity index (χ4v) is 1.68. The van der Waals surface area contributed by atoms with Crippen LogP contribution in [0.3, 0.4) is 0 Å². The van der Waals surface area contributed by atoms with Gasteiger partial charge in [-0.05, 0) is 32.2 Å². The highest BCUT2D eigenvalue weighted by Gasteiger charge is 2.22. The topological polar surface area (TPSA) is 67.9 Å². The van der Waals surface area contributed by atoms with Gasteiger partial charge in [-0.15, -0.1) is 5.10 Å². The van der Waals surface area contributed by atoms with Gasteiger partial charge < -0.3 is 10.6 Å². The van der Waals surface area contributed by atoms with Crippen LogP contribution in [-0.4, -0.2) is 34.8 Å². The molecule has 0 aliphatic rings. The summed E-state index contributed by atoms with van der Waals surface area (Å²) in [4.78, 5) is 6.69. The molecule has 5 heteroatoms. The Morgan fingerprint density at radius 2 is 1.83 bits per heavy atom. The Morgan fingerprint density at radius 1 is 1.17 bits per heavy atom. The third-order valence-electron chi connectivity index (χ3n) is 3.03. The molecule has 0 atom stereocenters. The summed E-state index contributed by atoms with van der Waals surface area (Å²) in [6, 6.07) is 0. The molecule has 1 heterocycles. The molecule has 0 unspecified atom stereocenters. The molecule has 102 valence electrons. The Kier molecular flexibility index (Phi) is 5.02. The van der Waals surface area contributed by atoms with Crippen molar-refractivity contribution in [3.8, 4) is 0 Å². The largest absolute Gasteiger partial charge is 0.339 e. The minimum Gasteiger partial charge on any atom is -0.339 e. The lowest BCUT2D eigenvalue weighted by molar-refractivity contribution is 0.374. The number of rotatable bonds is 6. The lowest BCUT2D eigenvalue weighted by Gasteiger charge is -2.31.